The molecular weight excluding hydrogens is 492 g/mol. The number of nitrogens with zero attached hydrogens (tertiary/aromatic N) is 1. The number of halogens is 2. The summed E-state index contributed by atoms with van der Waals surface area (Å²) in [5.74, 6) is -2.53. The van der Waals surface area contributed by atoms with Gasteiger partial charge in [0, 0.05) is 47.1 Å². The molecule has 2 amide bonds. The zero-order chi connectivity index (χ0) is 25.8. The smallest absolute Gasteiger partial charge is 0.406 e. The van der Waals surface area contributed by atoms with Crippen LogP contribution in [0.4, 0.5) is 13.6 Å². The van der Waals surface area contributed by atoms with Crippen LogP contribution in [0.2, 0.25) is 0 Å². The lowest BCUT2D eigenvalue weighted by atomic mass is 10.0. The fraction of sp³-hybridized carbons (Fsp3) is 0.520. The first-order chi connectivity index (χ1) is 17.3. The van der Waals surface area contributed by atoms with Gasteiger partial charge in [0.25, 0.3) is 5.91 Å². The second-order valence-corrected chi connectivity index (χ2v) is 10.1. The highest BCUT2D eigenvalue weighted by Gasteiger charge is 2.40. The Morgan fingerprint density at radius 1 is 1.33 bits per heavy atom. The van der Waals surface area contributed by atoms with Gasteiger partial charge in [-0.1, -0.05) is 0 Å². The predicted octanol–water partition coefficient (Wildman–Crippen LogP) is 3.73. The standard InChI is InChI=1S/C25H31F2N3O5S/c1-14(30(17-5-6-17)24(32)20-13-28-8-9-35-20)21-10-15(4-3-7-29-25(33)34-2)23(36-21)18-11-16(26)12-19(27)22(18)31/h10-12,14,17,20,28,31H,3-9,13H2,1-2H3,(H,29,33)/t14-,20-/m1/s1. The fourth-order valence-electron chi connectivity index (χ4n) is 4.42. The van der Waals surface area contributed by atoms with Gasteiger partial charge in [-0.3, -0.25) is 4.79 Å². The summed E-state index contributed by atoms with van der Waals surface area (Å²) in [4.78, 5) is 28.0. The summed E-state index contributed by atoms with van der Waals surface area (Å²) in [6.07, 6.45) is 1.75. The van der Waals surface area contributed by atoms with Gasteiger partial charge in [0.2, 0.25) is 0 Å². The van der Waals surface area contributed by atoms with E-state index in [1.807, 2.05) is 17.9 Å². The molecule has 1 aromatic carbocycles. The number of morpholine rings is 1. The molecule has 1 saturated heterocycles. The predicted molar refractivity (Wildman–Crippen MR) is 131 cm³/mol. The maximum Gasteiger partial charge on any atom is 0.406 e. The summed E-state index contributed by atoms with van der Waals surface area (Å²) in [7, 11) is 1.28. The molecule has 36 heavy (non-hydrogen) atoms. The third kappa shape index (κ3) is 5.96. The number of carbonyl (C=O) groups is 2. The van der Waals surface area contributed by atoms with E-state index < -0.39 is 29.6 Å². The van der Waals surface area contributed by atoms with Crippen LogP contribution in [0.25, 0.3) is 10.4 Å². The Balaban J connectivity index is 1.63. The van der Waals surface area contributed by atoms with E-state index in [0.717, 1.165) is 29.3 Å². The molecule has 2 aliphatic rings. The number of thiophene rings is 1. The van der Waals surface area contributed by atoms with E-state index in [1.54, 1.807) is 0 Å². The number of aromatic hydroxyl groups is 1. The summed E-state index contributed by atoms with van der Waals surface area (Å²) in [6, 6.07) is 3.51. The number of phenols is 1. The van der Waals surface area contributed by atoms with Crippen LogP contribution in [-0.4, -0.2) is 67.5 Å². The molecular formula is C25H31F2N3O5S. The monoisotopic (exact) mass is 523 g/mol. The number of ether oxygens (including phenoxy) is 2. The van der Waals surface area contributed by atoms with E-state index in [2.05, 4.69) is 15.4 Å². The molecule has 8 nitrogen and oxygen atoms in total. The van der Waals surface area contributed by atoms with Gasteiger partial charge in [-0.15, -0.1) is 11.3 Å². The summed E-state index contributed by atoms with van der Waals surface area (Å²) in [5, 5.41) is 16.2. The Labute approximate surface area is 212 Å². The lowest BCUT2D eigenvalue weighted by molar-refractivity contribution is -0.148. The van der Waals surface area contributed by atoms with E-state index in [1.165, 1.54) is 18.4 Å². The summed E-state index contributed by atoms with van der Waals surface area (Å²) < 4.78 is 38.6. The number of aryl methyl sites for hydroxylation is 1. The number of alkyl carbamates (subject to hydrolysis) is 1. The minimum atomic E-state index is -1.04. The number of rotatable bonds is 9. The van der Waals surface area contributed by atoms with Crippen molar-refractivity contribution in [1.29, 1.82) is 0 Å². The number of methoxy groups -OCH3 is 1. The highest BCUT2D eigenvalue weighted by Crippen LogP contribution is 2.44. The molecule has 1 saturated carbocycles. The molecule has 196 valence electrons. The van der Waals surface area contributed by atoms with Crippen molar-refractivity contribution < 1.29 is 33.0 Å². The summed E-state index contributed by atoms with van der Waals surface area (Å²) >= 11 is 1.30. The Morgan fingerprint density at radius 3 is 2.78 bits per heavy atom. The molecule has 0 spiro atoms. The molecule has 2 atom stereocenters. The van der Waals surface area contributed by atoms with Crippen molar-refractivity contribution in [1.82, 2.24) is 15.5 Å². The van der Waals surface area contributed by atoms with Crippen LogP contribution < -0.4 is 10.6 Å². The van der Waals surface area contributed by atoms with Gasteiger partial charge in [-0.05, 0) is 50.3 Å². The molecule has 3 N–H and O–H groups in total. The van der Waals surface area contributed by atoms with Crippen LogP contribution in [0.15, 0.2) is 18.2 Å². The van der Waals surface area contributed by atoms with Gasteiger partial charge >= 0.3 is 6.09 Å². The van der Waals surface area contributed by atoms with Crippen LogP contribution in [0.1, 0.15) is 42.7 Å². The molecule has 11 heteroatoms. The van der Waals surface area contributed by atoms with Gasteiger partial charge in [-0.25, -0.2) is 13.6 Å². The Kier molecular flexibility index (Phi) is 8.43. The maximum absolute atomic E-state index is 14.2. The highest BCUT2D eigenvalue weighted by atomic mass is 32.1. The first kappa shape index (κ1) is 26.3. The third-order valence-electron chi connectivity index (χ3n) is 6.41. The molecule has 1 aliphatic heterocycles. The minimum Gasteiger partial charge on any atom is -0.504 e. The van der Waals surface area contributed by atoms with Crippen molar-refractivity contribution in [2.45, 2.75) is 50.8 Å². The number of carbonyl (C=O) groups excluding carboxylic acids is 2. The van der Waals surface area contributed by atoms with Crippen molar-refractivity contribution in [2.75, 3.05) is 33.4 Å². The summed E-state index contributed by atoms with van der Waals surface area (Å²) in [6.45, 7) is 3.92. The largest absolute Gasteiger partial charge is 0.504 e. The number of nitrogens with one attached hydrogen (secondary N) is 2. The van der Waals surface area contributed by atoms with Crippen molar-refractivity contribution in [2.24, 2.45) is 0 Å². The van der Waals surface area contributed by atoms with Crippen LogP contribution in [0.3, 0.4) is 0 Å². The van der Waals surface area contributed by atoms with Crippen LogP contribution >= 0.6 is 11.3 Å². The van der Waals surface area contributed by atoms with Gasteiger partial charge in [0.05, 0.1) is 19.8 Å². The van der Waals surface area contributed by atoms with Gasteiger partial charge in [-0.2, -0.15) is 0 Å². The van der Waals surface area contributed by atoms with Crippen LogP contribution in [0.5, 0.6) is 5.75 Å². The maximum atomic E-state index is 14.2. The number of benzene rings is 1. The van der Waals surface area contributed by atoms with Gasteiger partial charge in [0.1, 0.15) is 11.9 Å². The Hall–Kier alpha value is -2.76. The molecule has 1 aliphatic carbocycles. The average Bonchev–Trinajstić information content (AvgIpc) is 3.62. The number of phenolic OH excluding ortho intramolecular Hbond substituents is 1. The molecule has 0 bridgehead atoms. The second-order valence-electron chi connectivity index (χ2n) is 9.03. The molecule has 2 fully saturated rings. The number of hydrogen-bond acceptors (Lipinski definition) is 7. The minimum absolute atomic E-state index is 0.0657. The van der Waals surface area contributed by atoms with E-state index in [9.17, 15) is 23.5 Å². The molecule has 0 radical (unpaired) electrons. The summed E-state index contributed by atoms with van der Waals surface area (Å²) in [5.41, 5.74) is 0.837. The zero-order valence-corrected chi connectivity index (χ0v) is 21.1. The van der Waals surface area contributed by atoms with E-state index in [-0.39, 0.29) is 23.6 Å². The third-order valence-corrected chi connectivity index (χ3v) is 7.79. The first-order valence-corrected chi connectivity index (χ1v) is 12.9. The quantitative estimate of drug-likeness (QED) is 0.433. The van der Waals surface area contributed by atoms with E-state index in [4.69, 9.17) is 4.74 Å². The zero-order valence-electron chi connectivity index (χ0n) is 20.3. The molecule has 4 rings (SSSR count). The second kappa shape index (κ2) is 11.5. The number of hydrogen-bond donors (Lipinski definition) is 3. The SMILES string of the molecule is COC(=O)NCCCc1cc([C@@H](C)N(C(=O)[C@H]2CNCCO2)C2CC2)sc1-c1cc(F)cc(F)c1O. The molecule has 2 heterocycles. The highest BCUT2D eigenvalue weighted by molar-refractivity contribution is 7.15. The lowest BCUT2D eigenvalue weighted by Crippen LogP contribution is -2.50. The topological polar surface area (TPSA) is 100 Å². The molecule has 1 aromatic heterocycles. The van der Waals surface area contributed by atoms with Crippen molar-refractivity contribution in [3.63, 3.8) is 0 Å². The van der Waals surface area contributed by atoms with E-state index in [0.29, 0.717) is 50.0 Å². The van der Waals surface area contributed by atoms with Crippen LogP contribution in [0, 0.1) is 11.6 Å². The van der Waals surface area contributed by atoms with Gasteiger partial charge in [0.15, 0.2) is 11.6 Å². The Morgan fingerprint density at radius 2 is 2.11 bits per heavy atom. The van der Waals surface area contributed by atoms with Crippen molar-refractivity contribution in [3.05, 3.63) is 40.3 Å². The fourth-order valence-corrected chi connectivity index (χ4v) is 5.70. The molecule has 0 unspecified atom stereocenters. The molecule has 2 aromatic rings. The Bertz CT molecular complexity index is 1100. The average molecular weight is 524 g/mol. The van der Waals surface area contributed by atoms with Crippen molar-refractivity contribution >= 4 is 23.3 Å². The first-order valence-electron chi connectivity index (χ1n) is 12.1. The van der Waals surface area contributed by atoms with E-state index >= 15 is 0 Å². The van der Waals surface area contributed by atoms with Crippen LogP contribution in [-0.2, 0) is 20.7 Å². The number of amides is 2. The normalized spacial score (nSPS) is 18.5. The van der Waals surface area contributed by atoms with Crippen molar-refractivity contribution in [3.8, 4) is 16.2 Å². The lowest BCUT2D eigenvalue weighted by Gasteiger charge is -2.33. The van der Waals surface area contributed by atoms with Gasteiger partial charge < -0.3 is 30.1 Å².